The van der Waals surface area contributed by atoms with Crippen molar-refractivity contribution in [2.45, 2.75) is 0 Å². The van der Waals surface area contributed by atoms with Gasteiger partial charge < -0.3 is 9.40 Å². The van der Waals surface area contributed by atoms with E-state index >= 15 is 0 Å². The van der Waals surface area contributed by atoms with E-state index in [0.717, 1.165) is 11.0 Å². The summed E-state index contributed by atoms with van der Waals surface area (Å²) in [5.74, 6) is 1.37. The lowest BCUT2D eigenvalue weighted by molar-refractivity contribution is -0.384. The molecule has 128 valence electrons. The molecule has 0 aliphatic carbocycles. The zero-order chi connectivity index (χ0) is 17.9. The van der Waals surface area contributed by atoms with Crippen molar-refractivity contribution in [1.29, 1.82) is 0 Å². The molecule has 0 fully saturated rings. The summed E-state index contributed by atoms with van der Waals surface area (Å²) in [7, 11) is 0. The molecule has 8 heteroatoms. The standard InChI is InChI=1S/C18H13N5O3/c24-23(25)16-8-4-1-5-13(16)17-10-9-12(26-17)11-19-22-18-20-14-6-2-3-7-15(14)21-18/h1-11H,(H2,20,21,22). The highest BCUT2D eigenvalue weighted by molar-refractivity contribution is 5.80. The Kier molecular flexibility index (Phi) is 3.91. The van der Waals surface area contributed by atoms with Crippen molar-refractivity contribution in [3.8, 4) is 11.3 Å². The molecule has 0 aliphatic heterocycles. The van der Waals surface area contributed by atoms with Crippen LogP contribution in [0.5, 0.6) is 0 Å². The van der Waals surface area contributed by atoms with Gasteiger partial charge in [-0.25, -0.2) is 10.4 Å². The third kappa shape index (κ3) is 3.03. The van der Waals surface area contributed by atoms with Crippen molar-refractivity contribution in [2.75, 3.05) is 5.43 Å². The van der Waals surface area contributed by atoms with E-state index < -0.39 is 4.92 Å². The molecule has 2 heterocycles. The van der Waals surface area contributed by atoms with Gasteiger partial charge in [-0.1, -0.05) is 24.3 Å². The van der Waals surface area contributed by atoms with Crippen molar-refractivity contribution in [3.05, 3.63) is 76.5 Å². The first-order valence-corrected chi connectivity index (χ1v) is 7.78. The first kappa shape index (κ1) is 15.6. The molecule has 2 aromatic heterocycles. The number of H-pyrrole nitrogens is 1. The lowest BCUT2D eigenvalue weighted by Crippen LogP contribution is -1.91. The van der Waals surface area contributed by atoms with E-state index in [9.17, 15) is 10.1 Å². The number of hydrogen-bond acceptors (Lipinski definition) is 6. The molecule has 0 unspecified atom stereocenters. The van der Waals surface area contributed by atoms with E-state index in [1.54, 1.807) is 30.3 Å². The Morgan fingerprint density at radius 1 is 1.12 bits per heavy atom. The number of benzene rings is 2. The minimum Gasteiger partial charge on any atom is -0.455 e. The second-order valence-electron chi connectivity index (χ2n) is 5.45. The van der Waals surface area contributed by atoms with Gasteiger partial charge in [-0.15, -0.1) is 0 Å². The summed E-state index contributed by atoms with van der Waals surface area (Å²) in [6.45, 7) is 0. The first-order chi connectivity index (χ1) is 12.7. The SMILES string of the molecule is O=[N+]([O-])c1ccccc1-c1ccc(C=NNc2nc3ccccc3[nH]2)o1. The normalized spacial score (nSPS) is 11.2. The summed E-state index contributed by atoms with van der Waals surface area (Å²) >= 11 is 0. The molecule has 0 bridgehead atoms. The molecular formula is C18H13N5O3. The number of nitro benzene ring substituents is 1. The predicted octanol–water partition coefficient (Wildman–Crippen LogP) is 4.18. The number of anilines is 1. The lowest BCUT2D eigenvalue weighted by Gasteiger charge is -1.98. The van der Waals surface area contributed by atoms with Crippen LogP contribution in [0.2, 0.25) is 0 Å². The minimum atomic E-state index is -0.436. The molecule has 4 aromatic rings. The molecule has 26 heavy (non-hydrogen) atoms. The quantitative estimate of drug-likeness (QED) is 0.320. The van der Waals surface area contributed by atoms with Gasteiger partial charge in [0.05, 0.1) is 27.7 Å². The highest BCUT2D eigenvalue weighted by Crippen LogP contribution is 2.30. The molecule has 2 N–H and O–H groups in total. The van der Waals surface area contributed by atoms with E-state index in [1.807, 2.05) is 24.3 Å². The molecule has 0 amide bonds. The van der Waals surface area contributed by atoms with E-state index in [-0.39, 0.29) is 5.69 Å². The van der Waals surface area contributed by atoms with Crippen LogP contribution in [0.3, 0.4) is 0 Å². The van der Waals surface area contributed by atoms with Gasteiger partial charge in [0.15, 0.2) is 0 Å². The smallest absolute Gasteiger partial charge is 0.280 e. The van der Waals surface area contributed by atoms with Gasteiger partial charge in [0.2, 0.25) is 5.95 Å². The van der Waals surface area contributed by atoms with Crippen LogP contribution in [0.1, 0.15) is 5.76 Å². The predicted molar refractivity (Wildman–Crippen MR) is 98.1 cm³/mol. The van der Waals surface area contributed by atoms with Crippen LogP contribution < -0.4 is 5.43 Å². The van der Waals surface area contributed by atoms with E-state index in [4.69, 9.17) is 4.42 Å². The molecule has 0 aliphatic rings. The maximum atomic E-state index is 11.1. The van der Waals surface area contributed by atoms with Crippen LogP contribution in [0.25, 0.3) is 22.4 Å². The summed E-state index contributed by atoms with van der Waals surface area (Å²) in [4.78, 5) is 18.1. The van der Waals surface area contributed by atoms with Crippen molar-refractivity contribution < 1.29 is 9.34 Å². The Morgan fingerprint density at radius 3 is 2.77 bits per heavy atom. The Morgan fingerprint density at radius 2 is 1.92 bits per heavy atom. The monoisotopic (exact) mass is 347 g/mol. The van der Waals surface area contributed by atoms with Crippen LogP contribution in [-0.2, 0) is 0 Å². The molecule has 2 aromatic carbocycles. The Bertz CT molecular complexity index is 1080. The van der Waals surface area contributed by atoms with Crippen LogP contribution in [0, 0.1) is 10.1 Å². The van der Waals surface area contributed by atoms with Crippen molar-refractivity contribution >= 4 is 28.9 Å². The van der Waals surface area contributed by atoms with Gasteiger partial charge in [0, 0.05) is 6.07 Å². The number of nitro groups is 1. The van der Waals surface area contributed by atoms with E-state index in [1.165, 1.54) is 12.3 Å². The summed E-state index contributed by atoms with van der Waals surface area (Å²) in [6, 6.07) is 17.4. The second kappa shape index (κ2) is 6.52. The van der Waals surface area contributed by atoms with Gasteiger partial charge in [0.1, 0.15) is 11.5 Å². The van der Waals surface area contributed by atoms with Crippen molar-refractivity contribution in [3.63, 3.8) is 0 Å². The number of fused-ring (bicyclic) bond motifs is 1. The Balaban J connectivity index is 1.51. The molecule has 0 atom stereocenters. The van der Waals surface area contributed by atoms with Crippen LogP contribution in [0.15, 0.2) is 70.2 Å². The topological polar surface area (TPSA) is 109 Å². The highest BCUT2D eigenvalue weighted by atomic mass is 16.6. The van der Waals surface area contributed by atoms with Gasteiger partial charge >= 0.3 is 0 Å². The molecular weight excluding hydrogens is 334 g/mol. The zero-order valence-corrected chi connectivity index (χ0v) is 13.4. The molecule has 0 saturated carbocycles. The number of rotatable bonds is 5. The van der Waals surface area contributed by atoms with Gasteiger partial charge in [-0.3, -0.25) is 10.1 Å². The second-order valence-corrected chi connectivity index (χ2v) is 5.45. The van der Waals surface area contributed by atoms with Gasteiger partial charge in [-0.05, 0) is 30.3 Å². The number of para-hydroxylation sites is 3. The van der Waals surface area contributed by atoms with Crippen molar-refractivity contribution in [1.82, 2.24) is 9.97 Å². The molecule has 8 nitrogen and oxygen atoms in total. The van der Waals surface area contributed by atoms with Crippen LogP contribution in [-0.4, -0.2) is 21.1 Å². The Hall–Kier alpha value is -3.94. The average molecular weight is 347 g/mol. The first-order valence-electron chi connectivity index (χ1n) is 7.78. The summed E-state index contributed by atoms with van der Waals surface area (Å²) in [6.07, 6.45) is 1.48. The highest BCUT2D eigenvalue weighted by Gasteiger charge is 2.16. The fourth-order valence-corrected chi connectivity index (χ4v) is 2.57. The summed E-state index contributed by atoms with van der Waals surface area (Å²) < 4.78 is 5.63. The fraction of sp³-hybridized carbons (Fsp3) is 0. The molecule has 0 radical (unpaired) electrons. The average Bonchev–Trinajstić information content (AvgIpc) is 3.28. The van der Waals surface area contributed by atoms with Gasteiger partial charge in [0.25, 0.3) is 5.69 Å². The number of hydrogen-bond donors (Lipinski definition) is 2. The van der Waals surface area contributed by atoms with Crippen LogP contribution >= 0.6 is 0 Å². The maximum absolute atomic E-state index is 11.1. The maximum Gasteiger partial charge on any atom is 0.280 e. The number of furan rings is 1. The van der Waals surface area contributed by atoms with Crippen LogP contribution in [0.4, 0.5) is 11.6 Å². The number of aromatic nitrogens is 2. The minimum absolute atomic E-state index is 0.00857. The molecule has 0 saturated heterocycles. The van der Waals surface area contributed by atoms with E-state index in [0.29, 0.717) is 23.0 Å². The largest absolute Gasteiger partial charge is 0.455 e. The number of hydrazone groups is 1. The summed E-state index contributed by atoms with van der Waals surface area (Å²) in [5.41, 5.74) is 4.95. The third-order valence-electron chi connectivity index (χ3n) is 3.74. The summed E-state index contributed by atoms with van der Waals surface area (Å²) in [5, 5.41) is 15.2. The van der Waals surface area contributed by atoms with E-state index in [2.05, 4.69) is 20.5 Å². The zero-order valence-electron chi connectivity index (χ0n) is 13.4. The van der Waals surface area contributed by atoms with Gasteiger partial charge in [-0.2, -0.15) is 5.10 Å². The number of aromatic amines is 1. The number of imidazole rings is 1. The third-order valence-corrected chi connectivity index (χ3v) is 3.74. The number of nitrogens with zero attached hydrogens (tertiary/aromatic N) is 3. The Labute approximate surface area is 147 Å². The molecule has 4 rings (SSSR count). The number of nitrogens with one attached hydrogen (secondary N) is 2. The van der Waals surface area contributed by atoms with Crippen molar-refractivity contribution in [2.24, 2.45) is 5.10 Å². The lowest BCUT2D eigenvalue weighted by atomic mass is 10.1. The molecule has 0 spiro atoms. The fourth-order valence-electron chi connectivity index (χ4n) is 2.57.